The fraction of sp³-hybridized carbons (Fsp3) is 0.0476. The summed E-state index contributed by atoms with van der Waals surface area (Å²) in [7, 11) is 0. The van der Waals surface area contributed by atoms with Gasteiger partial charge >= 0.3 is 0 Å². The third-order valence-electron chi connectivity index (χ3n) is 3.72. The van der Waals surface area contributed by atoms with Crippen LogP contribution in [0, 0.1) is 0 Å². The van der Waals surface area contributed by atoms with E-state index in [0.29, 0.717) is 32.7 Å². The molecule has 0 spiro atoms. The highest BCUT2D eigenvalue weighted by Crippen LogP contribution is 2.17. The van der Waals surface area contributed by atoms with Gasteiger partial charge in [-0.2, -0.15) is 0 Å². The molecule has 0 fully saturated rings. The molecule has 5 nitrogen and oxygen atoms in total. The lowest BCUT2D eigenvalue weighted by molar-refractivity contribution is -0.118. The van der Waals surface area contributed by atoms with Crippen molar-refractivity contribution in [1.82, 2.24) is 0 Å². The van der Waals surface area contributed by atoms with Crippen LogP contribution >= 0.6 is 23.2 Å². The zero-order valence-corrected chi connectivity index (χ0v) is 16.1. The molecular weight excluding hydrogens is 399 g/mol. The predicted octanol–water partition coefficient (Wildman–Crippen LogP) is 5.26. The Balaban J connectivity index is 1.50. The van der Waals surface area contributed by atoms with E-state index in [9.17, 15) is 9.59 Å². The number of halogens is 2. The topological polar surface area (TPSA) is 67.4 Å². The number of rotatable bonds is 6. The highest BCUT2D eigenvalue weighted by molar-refractivity contribution is 6.31. The van der Waals surface area contributed by atoms with Gasteiger partial charge in [0, 0.05) is 27.0 Å². The highest BCUT2D eigenvalue weighted by Gasteiger charge is 2.08. The molecule has 0 aliphatic carbocycles. The molecule has 3 aromatic rings. The van der Waals surface area contributed by atoms with Crippen molar-refractivity contribution in [3.63, 3.8) is 0 Å². The summed E-state index contributed by atoms with van der Waals surface area (Å²) >= 11 is 11.6. The monoisotopic (exact) mass is 414 g/mol. The lowest BCUT2D eigenvalue weighted by Crippen LogP contribution is -2.20. The lowest BCUT2D eigenvalue weighted by Gasteiger charge is -2.09. The van der Waals surface area contributed by atoms with Gasteiger partial charge in [0.05, 0.1) is 0 Å². The maximum absolute atomic E-state index is 12.2. The fourth-order valence-corrected chi connectivity index (χ4v) is 2.57. The van der Waals surface area contributed by atoms with Gasteiger partial charge in [-0.15, -0.1) is 0 Å². The van der Waals surface area contributed by atoms with E-state index in [4.69, 9.17) is 27.9 Å². The molecule has 0 aromatic heterocycles. The zero-order valence-electron chi connectivity index (χ0n) is 14.6. The van der Waals surface area contributed by atoms with E-state index >= 15 is 0 Å². The number of hydrogen-bond donors (Lipinski definition) is 2. The molecule has 28 heavy (non-hydrogen) atoms. The van der Waals surface area contributed by atoms with Crippen LogP contribution in [0.4, 0.5) is 11.4 Å². The minimum Gasteiger partial charge on any atom is -0.484 e. The average molecular weight is 415 g/mol. The van der Waals surface area contributed by atoms with Crippen molar-refractivity contribution in [2.24, 2.45) is 0 Å². The Bertz CT molecular complexity index is 956. The summed E-state index contributed by atoms with van der Waals surface area (Å²) < 4.78 is 5.45. The van der Waals surface area contributed by atoms with Gasteiger partial charge in [-0.3, -0.25) is 9.59 Å². The number of carbonyl (C=O) groups is 2. The normalized spacial score (nSPS) is 10.2. The molecule has 0 heterocycles. The fourth-order valence-electron chi connectivity index (χ4n) is 2.32. The number of nitrogens with one attached hydrogen (secondary N) is 2. The van der Waals surface area contributed by atoms with E-state index in [1.165, 1.54) is 0 Å². The van der Waals surface area contributed by atoms with E-state index in [-0.39, 0.29) is 18.4 Å². The van der Waals surface area contributed by atoms with Crippen molar-refractivity contribution in [3.8, 4) is 5.75 Å². The van der Waals surface area contributed by atoms with E-state index in [0.717, 1.165) is 0 Å². The molecule has 0 atom stereocenters. The molecule has 0 aliphatic rings. The van der Waals surface area contributed by atoms with Gasteiger partial charge in [0.1, 0.15) is 5.75 Å². The minimum atomic E-state index is -0.299. The van der Waals surface area contributed by atoms with Gasteiger partial charge in [-0.05, 0) is 72.8 Å². The van der Waals surface area contributed by atoms with Gasteiger partial charge < -0.3 is 15.4 Å². The molecule has 0 saturated heterocycles. The van der Waals surface area contributed by atoms with E-state index in [1.54, 1.807) is 72.8 Å². The Morgan fingerprint density at radius 2 is 1.21 bits per heavy atom. The zero-order chi connectivity index (χ0) is 19.9. The average Bonchev–Trinajstić information content (AvgIpc) is 2.70. The Kier molecular flexibility index (Phi) is 6.53. The summed E-state index contributed by atoms with van der Waals surface area (Å²) in [5.41, 5.74) is 1.74. The van der Waals surface area contributed by atoms with Gasteiger partial charge in [-0.25, -0.2) is 0 Å². The quantitative estimate of drug-likeness (QED) is 0.577. The van der Waals surface area contributed by atoms with E-state index < -0.39 is 0 Å². The standard InChI is InChI=1S/C21H16Cl2N2O3/c22-15-3-7-17(8-4-15)24-20(26)13-28-19-11-1-14(2-12-19)21(27)25-18-9-5-16(23)6-10-18/h1-12H,13H2,(H,24,26)(H,25,27). The first-order valence-electron chi connectivity index (χ1n) is 8.35. The van der Waals surface area contributed by atoms with Crippen LogP contribution in [0.3, 0.4) is 0 Å². The summed E-state index contributed by atoms with van der Waals surface area (Å²) in [6, 6.07) is 20.1. The molecule has 2 amide bonds. The van der Waals surface area contributed by atoms with Crippen molar-refractivity contribution in [2.45, 2.75) is 0 Å². The predicted molar refractivity (Wildman–Crippen MR) is 111 cm³/mol. The first-order chi connectivity index (χ1) is 13.5. The number of carbonyl (C=O) groups excluding carboxylic acids is 2. The second kappa shape index (κ2) is 9.26. The first kappa shape index (κ1) is 19.7. The maximum atomic E-state index is 12.2. The lowest BCUT2D eigenvalue weighted by atomic mass is 10.2. The van der Waals surface area contributed by atoms with Crippen molar-refractivity contribution in [3.05, 3.63) is 88.4 Å². The molecule has 0 saturated carbocycles. The Labute approximate surface area is 172 Å². The summed E-state index contributed by atoms with van der Waals surface area (Å²) in [4.78, 5) is 24.2. The smallest absolute Gasteiger partial charge is 0.262 e. The molecule has 0 aliphatic heterocycles. The number of hydrogen-bond acceptors (Lipinski definition) is 3. The van der Waals surface area contributed by atoms with Crippen LogP contribution < -0.4 is 15.4 Å². The second-order valence-electron chi connectivity index (χ2n) is 5.83. The van der Waals surface area contributed by atoms with Crippen LogP contribution in [-0.4, -0.2) is 18.4 Å². The molecule has 0 radical (unpaired) electrons. The van der Waals surface area contributed by atoms with Gasteiger partial charge in [0.25, 0.3) is 11.8 Å². The molecular formula is C21H16Cl2N2O3. The Morgan fingerprint density at radius 3 is 1.75 bits per heavy atom. The molecule has 142 valence electrons. The molecule has 0 bridgehead atoms. The Morgan fingerprint density at radius 1 is 0.714 bits per heavy atom. The molecule has 0 unspecified atom stereocenters. The van der Waals surface area contributed by atoms with Gasteiger partial charge in [0.2, 0.25) is 0 Å². The summed E-state index contributed by atoms with van der Waals surface area (Å²) in [6.07, 6.45) is 0. The van der Waals surface area contributed by atoms with Crippen LogP contribution in [-0.2, 0) is 4.79 Å². The maximum Gasteiger partial charge on any atom is 0.262 e. The van der Waals surface area contributed by atoms with Gasteiger partial charge in [0.15, 0.2) is 6.61 Å². The molecule has 3 aromatic carbocycles. The third kappa shape index (κ3) is 5.74. The van der Waals surface area contributed by atoms with Crippen LogP contribution in [0.25, 0.3) is 0 Å². The van der Waals surface area contributed by atoms with Crippen LogP contribution in [0.15, 0.2) is 72.8 Å². The number of amides is 2. The Hall–Kier alpha value is -3.02. The molecule has 3 rings (SSSR count). The largest absolute Gasteiger partial charge is 0.484 e. The van der Waals surface area contributed by atoms with E-state index in [1.807, 2.05) is 0 Å². The summed E-state index contributed by atoms with van der Waals surface area (Å²) in [5, 5.41) is 6.67. The van der Waals surface area contributed by atoms with Crippen LogP contribution in [0.2, 0.25) is 10.0 Å². The van der Waals surface area contributed by atoms with Crippen LogP contribution in [0.5, 0.6) is 5.75 Å². The number of ether oxygens (including phenoxy) is 1. The number of benzene rings is 3. The first-order valence-corrected chi connectivity index (χ1v) is 9.10. The van der Waals surface area contributed by atoms with Gasteiger partial charge in [-0.1, -0.05) is 23.2 Å². The SMILES string of the molecule is O=C(COc1ccc(C(=O)Nc2ccc(Cl)cc2)cc1)Nc1ccc(Cl)cc1. The third-order valence-corrected chi connectivity index (χ3v) is 4.22. The summed E-state index contributed by atoms with van der Waals surface area (Å²) in [5.74, 6) is -0.0736. The van der Waals surface area contributed by atoms with E-state index in [2.05, 4.69) is 10.6 Å². The molecule has 2 N–H and O–H groups in total. The van der Waals surface area contributed by atoms with Crippen molar-refractivity contribution < 1.29 is 14.3 Å². The van der Waals surface area contributed by atoms with Crippen molar-refractivity contribution in [1.29, 1.82) is 0 Å². The summed E-state index contributed by atoms with van der Waals surface area (Å²) in [6.45, 7) is -0.154. The highest BCUT2D eigenvalue weighted by atomic mass is 35.5. The van der Waals surface area contributed by atoms with Crippen molar-refractivity contribution >= 4 is 46.4 Å². The van der Waals surface area contributed by atoms with Crippen LogP contribution in [0.1, 0.15) is 10.4 Å². The second-order valence-corrected chi connectivity index (χ2v) is 6.70. The molecule has 7 heteroatoms. The minimum absolute atomic E-state index is 0.154. The van der Waals surface area contributed by atoms with Crippen molar-refractivity contribution in [2.75, 3.05) is 17.2 Å². The number of anilines is 2.